The van der Waals surface area contributed by atoms with E-state index in [9.17, 15) is 0 Å². The van der Waals surface area contributed by atoms with E-state index < -0.39 is 0 Å². The van der Waals surface area contributed by atoms with Crippen LogP contribution in [0.2, 0.25) is 0 Å². The molecule has 18 aromatic rings. The van der Waals surface area contributed by atoms with Crippen molar-refractivity contribution in [3.8, 4) is 106 Å². The zero-order valence-electron chi connectivity index (χ0n) is 62.2. The Balaban J connectivity index is 0.000000134. The maximum atomic E-state index is 8.78. The molecule has 0 saturated heterocycles. The SMILES string of the molecule is CC1(C)c2cc(-c3ccc4oc5ccc(-c6ccccc6)cc5c4c3)ccc2-c2ccc3c(c21)C(C)(C)c1cc(-c2ccc4oc5ccc(-c6ccccc6)cc5c4c2)ccc1-3.CC1(C)c2cc(Br)ccc2-c2ccc3c(c21)C(C)(C)c1cc(Br)ccc1-3.O[B]Oc1ccc2oc3ccc(-c4ccccc4)cc3c2c1. The van der Waals surface area contributed by atoms with Crippen molar-refractivity contribution in [3.63, 3.8) is 0 Å². The van der Waals surface area contributed by atoms with Gasteiger partial charge >= 0.3 is 7.69 Å². The highest BCUT2D eigenvalue weighted by atomic mass is 79.9. The molecule has 0 saturated carbocycles. The summed E-state index contributed by atoms with van der Waals surface area (Å²) in [5.41, 5.74) is 39.3. The second kappa shape index (κ2) is 25.3. The van der Waals surface area contributed by atoms with Crippen LogP contribution in [0.3, 0.4) is 0 Å². The van der Waals surface area contributed by atoms with Crippen molar-refractivity contribution in [2.75, 3.05) is 0 Å². The smallest absolute Gasteiger partial charge is 0.537 e. The minimum Gasteiger partial charge on any atom is -0.537 e. The van der Waals surface area contributed by atoms with E-state index in [0.29, 0.717) is 13.4 Å². The lowest BCUT2D eigenvalue weighted by molar-refractivity contribution is 0.454. The van der Waals surface area contributed by atoms with Gasteiger partial charge in [-0.05, 0) is 260 Å². The molecule has 0 atom stereocenters. The first-order valence-electron chi connectivity index (χ1n) is 37.7. The number of halogens is 2. The molecule has 1 N–H and O–H groups in total. The molecule has 4 aliphatic carbocycles. The highest BCUT2D eigenvalue weighted by Gasteiger charge is 2.48. The highest BCUT2D eigenvalue weighted by molar-refractivity contribution is 9.10. The average Bonchev–Trinajstić information content (AvgIpc) is 1.53. The zero-order chi connectivity index (χ0) is 74.9. The quantitative estimate of drug-likeness (QED) is 0.161. The van der Waals surface area contributed by atoms with Gasteiger partial charge in [-0.15, -0.1) is 0 Å². The van der Waals surface area contributed by atoms with E-state index in [1.807, 2.05) is 36.4 Å². The van der Waals surface area contributed by atoms with E-state index in [1.165, 1.54) is 134 Å². The molecule has 8 heteroatoms. The number of furan rings is 3. The van der Waals surface area contributed by atoms with E-state index in [0.717, 1.165) is 85.9 Å². The van der Waals surface area contributed by atoms with Gasteiger partial charge in [-0.25, -0.2) is 0 Å². The molecule has 110 heavy (non-hydrogen) atoms. The fraction of sp³-hybridized carbons (Fsp3) is 0.118. The summed E-state index contributed by atoms with van der Waals surface area (Å²) < 4.78 is 25.9. The molecule has 0 unspecified atom stereocenters. The van der Waals surface area contributed by atoms with Crippen LogP contribution >= 0.6 is 31.9 Å². The summed E-state index contributed by atoms with van der Waals surface area (Å²) in [5.74, 6) is 0.572. The molecule has 0 spiro atoms. The molecular formula is C102H74BBr2O5. The summed E-state index contributed by atoms with van der Waals surface area (Å²) in [4.78, 5) is 0. The zero-order valence-corrected chi connectivity index (χ0v) is 65.4. The van der Waals surface area contributed by atoms with Gasteiger partial charge in [0.1, 0.15) is 39.2 Å². The first-order chi connectivity index (χ1) is 53.3. The number of hydrogen-bond donors (Lipinski definition) is 1. The molecule has 3 aromatic heterocycles. The summed E-state index contributed by atoms with van der Waals surface area (Å²) >= 11 is 7.34. The monoisotopic (exact) mass is 1550 g/mol. The molecule has 1 radical (unpaired) electrons. The van der Waals surface area contributed by atoms with Gasteiger partial charge in [0.2, 0.25) is 0 Å². The predicted molar refractivity (Wildman–Crippen MR) is 463 cm³/mol. The third-order valence-electron chi connectivity index (χ3n) is 24.3. The lowest BCUT2D eigenvalue weighted by Crippen LogP contribution is -2.24. The molecule has 4 aliphatic rings. The van der Waals surface area contributed by atoms with Crippen LogP contribution in [0.4, 0.5) is 0 Å². The van der Waals surface area contributed by atoms with E-state index in [2.05, 4.69) is 342 Å². The Kier molecular flexibility index (Phi) is 15.6. The molecule has 5 nitrogen and oxygen atoms in total. The van der Waals surface area contributed by atoms with Crippen molar-refractivity contribution in [2.24, 2.45) is 0 Å². The molecule has 529 valence electrons. The van der Waals surface area contributed by atoms with Gasteiger partial charge in [-0.3, -0.25) is 0 Å². The van der Waals surface area contributed by atoms with Crippen LogP contribution in [0.5, 0.6) is 5.75 Å². The third-order valence-corrected chi connectivity index (χ3v) is 25.3. The van der Waals surface area contributed by atoms with E-state index in [4.69, 9.17) is 22.9 Å². The lowest BCUT2D eigenvalue weighted by atomic mass is 9.72. The largest absolute Gasteiger partial charge is 0.569 e. The maximum absolute atomic E-state index is 8.78. The van der Waals surface area contributed by atoms with Crippen molar-refractivity contribution in [1.82, 2.24) is 0 Å². The van der Waals surface area contributed by atoms with E-state index in [-0.39, 0.29) is 21.7 Å². The lowest BCUT2D eigenvalue weighted by Gasteiger charge is -2.31. The fourth-order valence-electron chi connectivity index (χ4n) is 19.0. The molecule has 0 aliphatic heterocycles. The minimum absolute atomic E-state index is 0.00364. The topological polar surface area (TPSA) is 68.9 Å². The molecule has 15 aromatic carbocycles. The van der Waals surface area contributed by atoms with Gasteiger partial charge in [0.25, 0.3) is 0 Å². The maximum Gasteiger partial charge on any atom is 0.569 e. The first kappa shape index (κ1) is 67.8. The van der Waals surface area contributed by atoms with Crippen LogP contribution in [0.25, 0.3) is 166 Å². The van der Waals surface area contributed by atoms with Gasteiger partial charge in [0, 0.05) is 62.9 Å². The predicted octanol–water partition coefficient (Wildman–Crippen LogP) is 28.7. The summed E-state index contributed by atoms with van der Waals surface area (Å²) in [5, 5.41) is 15.3. The first-order valence-corrected chi connectivity index (χ1v) is 39.3. The van der Waals surface area contributed by atoms with Crippen molar-refractivity contribution >= 4 is 105 Å². The number of rotatable bonds is 7. The third kappa shape index (κ3) is 10.6. The molecule has 22 rings (SSSR count). The van der Waals surface area contributed by atoms with Crippen LogP contribution < -0.4 is 4.65 Å². The van der Waals surface area contributed by atoms with Crippen LogP contribution in [0, 0.1) is 0 Å². The molecule has 3 heterocycles. The van der Waals surface area contributed by atoms with Crippen molar-refractivity contribution < 1.29 is 22.9 Å². The van der Waals surface area contributed by atoms with E-state index in [1.54, 1.807) is 6.07 Å². The second-order valence-corrected chi connectivity index (χ2v) is 33.9. The van der Waals surface area contributed by atoms with Crippen molar-refractivity contribution in [1.29, 1.82) is 0 Å². The Hall–Kier alpha value is -11.5. The van der Waals surface area contributed by atoms with Gasteiger partial charge in [-0.1, -0.05) is 269 Å². The normalized spacial score (nSPS) is 14.4. The van der Waals surface area contributed by atoms with Gasteiger partial charge in [0.15, 0.2) is 0 Å². The minimum atomic E-state index is -0.197. The number of benzene rings is 15. The Morgan fingerprint density at radius 2 is 0.482 bits per heavy atom. The van der Waals surface area contributed by atoms with Crippen LogP contribution in [-0.4, -0.2) is 12.7 Å². The second-order valence-electron chi connectivity index (χ2n) is 32.1. The summed E-state index contributed by atoms with van der Waals surface area (Å²) in [6, 6.07) is 107. The number of hydrogen-bond acceptors (Lipinski definition) is 5. The Labute approximate surface area is 657 Å². The molecule has 0 fully saturated rings. The molecule has 0 bridgehead atoms. The van der Waals surface area contributed by atoms with Gasteiger partial charge in [-0.2, -0.15) is 0 Å². The highest BCUT2D eigenvalue weighted by Crippen LogP contribution is 2.62. The van der Waals surface area contributed by atoms with Crippen LogP contribution in [0.15, 0.2) is 319 Å². The average molecular weight is 1550 g/mol. The molecule has 0 amide bonds. The summed E-state index contributed by atoms with van der Waals surface area (Å²) in [6.45, 7) is 19.2. The Morgan fingerprint density at radius 1 is 0.245 bits per heavy atom. The van der Waals surface area contributed by atoms with Crippen LogP contribution in [0.1, 0.15) is 99.9 Å². The number of fused-ring (bicyclic) bond motifs is 23. The van der Waals surface area contributed by atoms with Gasteiger partial charge < -0.3 is 22.9 Å². The van der Waals surface area contributed by atoms with Gasteiger partial charge in [0.05, 0.1) is 0 Å². The van der Waals surface area contributed by atoms with Crippen LogP contribution in [-0.2, 0) is 21.7 Å². The Morgan fingerprint density at radius 3 is 0.782 bits per heavy atom. The Bertz CT molecular complexity index is 6540. The van der Waals surface area contributed by atoms with E-state index >= 15 is 0 Å². The summed E-state index contributed by atoms with van der Waals surface area (Å²) in [7, 11) is 0.679. The van der Waals surface area contributed by atoms with Crippen molar-refractivity contribution in [3.05, 3.63) is 351 Å². The molecular weight excluding hydrogens is 1480 g/mol. The standard InChI is InChI=1S/C60H42O2.C24H20Br2.C18H12BO3/c1-59(2)51-33-41(39-19-27-55-49(31-39)47-29-37(17-25-53(47)61-55)35-11-7-5-8-12-35)15-21-43(51)45-23-24-46-44-22-16-42(34-52(44)60(3,4)58(46)57(45)59)40-20-28-56-50(32-40)48-30-38(18-26-54(48)62-56)36-13-9-6-10-14-36;1-23(2)19-11-13(25)5-7-15(19)17-9-10-18-16-8-6-14(26)12-20(16)24(3,4)22(18)21(17)23;20-19-22-14-7-9-18-16(11-14)15-10-13(6-8-17(15)21-18)12-4-2-1-3-5-12/h5-34H,1-4H3;5-12H,1-4H3;1-11,20H. The fourth-order valence-corrected chi connectivity index (χ4v) is 19.7. The van der Waals surface area contributed by atoms with Crippen molar-refractivity contribution in [2.45, 2.75) is 77.0 Å². The summed E-state index contributed by atoms with van der Waals surface area (Å²) in [6.07, 6.45) is 0.